The zero-order valence-corrected chi connectivity index (χ0v) is 19.6. The lowest BCUT2D eigenvalue weighted by molar-refractivity contribution is -0.128. The van der Waals surface area contributed by atoms with Gasteiger partial charge in [0.25, 0.3) is 0 Å². The van der Waals surface area contributed by atoms with E-state index < -0.39 is 0 Å². The minimum atomic E-state index is -0.365. The number of aryl methyl sites for hydroxylation is 3. The Bertz CT molecular complexity index is 1040. The number of hydrogen-bond acceptors (Lipinski definition) is 3. The van der Waals surface area contributed by atoms with Crippen molar-refractivity contribution >= 4 is 28.5 Å². The Morgan fingerprint density at radius 1 is 1.16 bits per heavy atom. The lowest BCUT2D eigenvalue weighted by Gasteiger charge is -2.17. The maximum absolute atomic E-state index is 12.1. The Labute approximate surface area is 189 Å². The number of rotatable bonds is 9. The van der Waals surface area contributed by atoms with Gasteiger partial charge in [0.05, 0.1) is 17.6 Å². The zero-order valence-electron chi connectivity index (χ0n) is 18.9. The summed E-state index contributed by atoms with van der Waals surface area (Å²) in [7, 11) is 0. The molecule has 166 valence electrons. The summed E-state index contributed by atoms with van der Waals surface area (Å²) >= 11 is 6.08. The van der Waals surface area contributed by atoms with Gasteiger partial charge in [-0.05, 0) is 55.7 Å². The number of carbonyl (C=O) groups excluding carboxylic acids is 1. The van der Waals surface area contributed by atoms with Crippen LogP contribution in [0.15, 0.2) is 42.5 Å². The van der Waals surface area contributed by atoms with Crippen LogP contribution in [0.1, 0.15) is 45.0 Å². The van der Waals surface area contributed by atoms with Crippen molar-refractivity contribution in [3.05, 3.63) is 58.9 Å². The molecule has 5 nitrogen and oxygen atoms in total. The van der Waals surface area contributed by atoms with Crippen LogP contribution < -0.4 is 10.1 Å². The molecule has 3 rings (SSSR count). The molecule has 0 spiro atoms. The molecule has 1 aromatic heterocycles. The Morgan fingerprint density at radius 2 is 1.94 bits per heavy atom. The number of nitrogens with one attached hydrogen (secondary N) is 1. The highest BCUT2D eigenvalue weighted by atomic mass is 35.5. The average molecular weight is 442 g/mol. The second-order valence-electron chi connectivity index (χ2n) is 8.89. The summed E-state index contributed by atoms with van der Waals surface area (Å²) in [6.07, 6.45) is 2.54. The summed E-state index contributed by atoms with van der Waals surface area (Å²) in [5, 5.41) is 3.77. The number of nitrogens with zero attached hydrogens (tertiary/aromatic N) is 2. The number of carbonyl (C=O) groups is 1. The van der Waals surface area contributed by atoms with E-state index in [0.29, 0.717) is 13.2 Å². The van der Waals surface area contributed by atoms with Gasteiger partial charge in [-0.3, -0.25) is 4.79 Å². The zero-order chi connectivity index (χ0) is 22.4. The summed E-state index contributed by atoms with van der Waals surface area (Å²) < 4.78 is 8.18. The molecule has 6 heteroatoms. The van der Waals surface area contributed by atoms with Crippen LogP contribution in [0.4, 0.5) is 0 Å². The predicted molar refractivity (Wildman–Crippen MR) is 127 cm³/mol. The standard InChI is InChI=1S/C25H32ClN3O2/c1-18-17-19(12-13-20(18)26)31-16-8-15-29-22-10-6-5-9-21(22)28-23(29)11-7-14-27-24(30)25(2,3)4/h5-6,9-10,12-13,17H,7-8,11,14-16H2,1-4H3,(H,27,30). The number of halogens is 1. The highest BCUT2D eigenvalue weighted by Crippen LogP contribution is 2.22. The van der Waals surface area contributed by atoms with Crippen LogP contribution >= 0.6 is 11.6 Å². The Balaban J connectivity index is 1.58. The molecule has 0 saturated carbocycles. The van der Waals surface area contributed by atoms with Crippen molar-refractivity contribution in [1.82, 2.24) is 14.9 Å². The smallest absolute Gasteiger partial charge is 0.225 e. The number of amides is 1. The quantitative estimate of drug-likeness (QED) is 0.442. The number of benzene rings is 2. The van der Waals surface area contributed by atoms with E-state index in [4.69, 9.17) is 21.3 Å². The Morgan fingerprint density at radius 3 is 2.68 bits per heavy atom. The fraction of sp³-hybridized carbons (Fsp3) is 0.440. The first-order valence-corrected chi connectivity index (χ1v) is 11.2. The van der Waals surface area contributed by atoms with Crippen molar-refractivity contribution in [2.24, 2.45) is 5.41 Å². The molecule has 0 unspecified atom stereocenters. The van der Waals surface area contributed by atoms with E-state index in [1.54, 1.807) is 0 Å². The predicted octanol–water partition coefficient (Wildman–Crippen LogP) is 5.56. The molecule has 1 amide bonds. The monoisotopic (exact) mass is 441 g/mol. The van der Waals surface area contributed by atoms with Gasteiger partial charge in [-0.2, -0.15) is 0 Å². The number of fused-ring (bicyclic) bond motifs is 1. The van der Waals surface area contributed by atoms with E-state index in [-0.39, 0.29) is 11.3 Å². The molecule has 0 atom stereocenters. The average Bonchev–Trinajstić information content (AvgIpc) is 3.07. The van der Waals surface area contributed by atoms with Crippen LogP contribution in [0.3, 0.4) is 0 Å². The van der Waals surface area contributed by atoms with Gasteiger partial charge < -0.3 is 14.6 Å². The largest absolute Gasteiger partial charge is 0.494 e. The van der Waals surface area contributed by atoms with Crippen LogP contribution in [0.5, 0.6) is 5.75 Å². The minimum absolute atomic E-state index is 0.0792. The maximum atomic E-state index is 12.1. The van der Waals surface area contributed by atoms with E-state index in [9.17, 15) is 4.79 Å². The third kappa shape index (κ3) is 6.23. The van der Waals surface area contributed by atoms with Crippen LogP contribution in [0.2, 0.25) is 5.02 Å². The van der Waals surface area contributed by atoms with E-state index in [1.165, 1.54) is 0 Å². The number of para-hydroxylation sites is 2. The molecule has 3 aromatic rings. The van der Waals surface area contributed by atoms with Gasteiger partial charge in [-0.1, -0.05) is 44.5 Å². The summed E-state index contributed by atoms with van der Waals surface area (Å²) in [5.41, 5.74) is 2.79. The van der Waals surface area contributed by atoms with Crippen molar-refractivity contribution in [3.63, 3.8) is 0 Å². The molecule has 0 bridgehead atoms. The van der Waals surface area contributed by atoms with Gasteiger partial charge in [0.15, 0.2) is 0 Å². The fourth-order valence-electron chi connectivity index (χ4n) is 3.40. The number of ether oxygens (including phenoxy) is 1. The van der Waals surface area contributed by atoms with Crippen LogP contribution in [-0.2, 0) is 17.8 Å². The van der Waals surface area contributed by atoms with E-state index in [1.807, 2.05) is 64.1 Å². The first-order valence-electron chi connectivity index (χ1n) is 10.9. The van der Waals surface area contributed by atoms with Crippen LogP contribution in [0.25, 0.3) is 11.0 Å². The van der Waals surface area contributed by atoms with Crippen LogP contribution in [0, 0.1) is 12.3 Å². The van der Waals surface area contributed by atoms with Crippen LogP contribution in [-0.4, -0.2) is 28.6 Å². The van der Waals surface area contributed by atoms with Crippen molar-refractivity contribution in [2.75, 3.05) is 13.2 Å². The SMILES string of the molecule is Cc1cc(OCCCn2c(CCCNC(=O)C(C)(C)C)nc3ccccc32)ccc1Cl. The van der Waals surface area contributed by atoms with E-state index in [0.717, 1.165) is 59.0 Å². The summed E-state index contributed by atoms with van der Waals surface area (Å²) in [4.78, 5) is 16.9. The topological polar surface area (TPSA) is 56.1 Å². The first kappa shape index (κ1) is 23.1. The molecule has 0 aliphatic heterocycles. The van der Waals surface area contributed by atoms with Crippen molar-refractivity contribution in [2.45, 2.75) is 53.5 Å². The van der Waals surface area contributed by atoms with Gasteiger partial charge in [-0.25, -0.2) is 4.98 Å². The molecule has 1 heterocycles. The normalized spacial score (nSPS) is 11.6. The molecule has 0 aliphatic carbocycles. The maximum Gasteiger partial charge on any atom is 0.225 e. The molecule has 31 heavy (non-hydrogen) atoms. The summed E-state index contributed by atoms with van der Waals surface area (Å²) in [6, 6.07) is 13.9. The first-order chi connectivity index (χ1) is 14.8. The molecule has 0 saturated heterocycles. The van der Waals surface area contributed by atoms with Gasteiger partial charge in [0.1, 0.15) is 11.6 Å². The third-order valence-corrected chi connectivity index (χ3v) is 5.63. The molecular weight excluding hydrogens is 410 g/mol. The van der Waals surface area contributed by atoms with Crippen molar-refractivity contribution < 1.29 is 9.53 Å². The molecule has 0 radical (unpaired) electrons. The Kier molecular flexibility index (Phi) is 7.60. The van der Waals surface area contributed by atoms with Gasteiger partial charge in [-0.15, -0.1) is 0 Å². The highest BCUT2D eigenvalue weighted by molar-refractivity contribution is 6.31. The van der Waals surface area contributed by atoms with Gasteiger partial charge in [0.2, 0.25) is 5.91 Å². The van der Waals surface area contributed by atoms with Crippen molar-refractivity contribution in [1.29, 1.82) is 0 Å². The fourth-order valence-corrected chi connectivity index (χ4v) is 3.52. The number of aromatic nitrogens is 2. The molecule has 0 aliphatic rings. The molecule has 1 N–H and O–H groups in total. The minimum Gasteiger partial charge on any atom is -0.494 e. The van der Waals surface area contributed by atoms with Gasteiger partial charge in [0, 0.05) is 29.9 Å². The molecule has 0 fully saturated rings. The number of imidazole rings is 1. The van der Waals surface area contributed by atoms with E-state index >= 15 is 0 Å². The molecule has 2 aromatic carbocycles. The summed E-state index contributed by atoms with van der Waals surface area (Å²) in [5.74, 6) is 1.97. The second-order valence-corrected chi connectivity index (χ2v) is 9.30. The number of hydrogen-bond donors (Lipinski definition) is 1. The summed E-state index contributed by atoms with van der Waals surface area (Å²) in [6.45, 7) is 9.85. The Hall–Kier alpha value is -2.53. The molecular formula is C25H32ClN3O2. The van der Waals surface area contributed by atoms with Crippen molar-refractivity contribution in [3.8, 4) is 5.75 Å². The lowest BCUT2D eigenvalue weighted by Crippen LogP contribution is -2.35. The third-order valence-electron chi connectivity index (χ3n) is 5.20. The second kappa shape index (κ2) is 10.2. The lowest BCUT2D eigenvalue weighted by atomic mass is 9.96. The van der Waals surface area contributed by atoms with Gasteiger partial charge >= 0.3 is 0 Å². The van der Waals surface area contributed by atoms with E-state index in [2.05, 4.69) is 16.0 Å². The highest BCUT2D eigenvalue weighted by Gasteiger charge is 2.20.